The monoisotopic (exact) mass is 743 g/mol. The third kappa shape index (κ3) is 7.23. The van der Waals surface area contributed by atoms with Gasteiger partial charge in [0, 0.05) is 39.0 Å². The molecule has 56 heavy (non-hydrogen) atoms. The lowest BCUT2D eigenvalue weighted by atomic mass is 9.70. The van der Waals surface area contributed by atoms with Crippen LogP contribution in [0.15, 0.2) is 133 Å². The minimum absolute atomic E-state index is 0.132. The molecule has 0 amide bonds. The molecule has 0 aromatic heterocycles. The number of hydrogen-bond acceptors (Lipinski definition) is 5. The topological polar surface area (TPSA) is 55.8 Å². The third-order valence-corrected chi connectivity index (χ3v) is 11.8. The highest BCUT2D eigenvalue weighted by Crippen LogP contribution is 2.56. The normalized spacial score (nSPS) is 13.9. The molecule has 286 valence electrons. The molecular formula is C51H53NO4. The van der Waals surface area contributed by atoms with Crippen LogP contribution in [0.25, 0.3) is 22.3 Å². The second kappa shape index (κ2) is 15.8. The van der Waals surface area contributed by atoms with Gasteiger partial charge in [-0.15, -0.1) is 0 Å². The van der Waals surface area contributed by atoms with Gasteiger partial charge in [0.15, 0.2) is 0 Å². The number of rotatable bonds is 15. The summed E-state index contributed by atoms with van der Waals surface area (Å²) in [5.74, 6) is -0.694. The van der Waals surface area contributed by atoms with Crippen molar-refractivity contribution in [1.82, 2.24) is 0 Å². The molecule has 5 aromatic rings. The Kier molecular flexibility index (Phi) is 10.9. The van der Waals surface area contributed by atoms with E-state index >= 15 is 0 Å². The smallest absolute Gasteiger partial charge is 0.333 e. The van der Waals surface area contributed by atoms with Gasteiger partial charge in [-0.25, -0.2) is 9.59 Å². The van der Waals surface area contributed by atoms with Gasteiger partial charge < -0.3 is 14.4 Å². The van der Waals surface area contributed by atoms with Crippen LogP contribution >= 0.6 is 0 Å². The molecular weight excluding hydrogens is 691 g/mol. The fourth-order valence-electron chi connectivity index (χ4n) is 8.85. The number of aryl methyl sites for hydroxylation is 1. The van der Waals surface area contributed by atoms with Gasteiger partial charge in [-0.1, -0.05) is 105 Å². The van der Waals surface area contributed by atoms with Crippen LogP contribution in [0.5, 0.6) is 0 Å². The number of carbonyl (C=O) groups is 2. The summed E-state index contributed by atoms with van der Waals surface area (Å²) < 4.78 is 11.0. The van der Waals surface area contributed by atoms with Crippen molar-refractivity contribution in [3.8, 4) is 22.3 Å². The first-order chi connectivity index (χ1) is 26.9. The summed E-state index contributed by atoms with van der Waals surface area (Å²) in [6.07, 6.45) is 5.00. The standard InChI is InChI=1S/C51H53NO4/c1-34(2)48(53)55-30-14-12-28-51(29-13-15-31-56-49(54)35(3)4)45-19-11-9-17-41(45)43-27-25-39(33-47(43)51)52(37-22-20-36(5)21-23-37)38-24-26-42-40-16-8-10-18-44(40)50(6,7)46(42)32-38/h8-11,16-27,32-33H,1,3,12-15,28-31H2,2,4-7H3. The van der Waals surface area contributed by atoms with Crippen LogP contribution in [0.1, 0.15) is 94.0 Å². The van der Waals surface area contributed by atoms with E-state index in [-0.39, 0.29) is 22.8 Å². The molecule has 5 aromatic carbocycles. The van der Waals surface area contributed by atoms with E-state index < -0.39 is 0 Å². The highest BCUT2D eigenvalue weighted by molar-refractivity contribution is 5.89. The summed E-state index contributed by atoms with van der Waals surface area (Å²) in [6, 6.07) is 40.4. The molecule has 5 heteroatoms. The van der Waals surface area contributed by atoms with E-state index in [0.717, 1.165) is 55.6 Å². The first-order valence-corrected chi connectivity index (χ1v) is 19.9. The largest absolute Gasteiger partial charge is 0.462 e. The van der Waals surface area contributed by atoms with Crippen LogP contribution in [-0.2, 0) is 29.9 Å². The van der Waals surface area contributed by atoms with E-state index in [4.69, 9.17) is 9.47 Å². The molecule has 0 radical (unpaired) electrons. The predicted molar refractivity (Wildman–Crippen MR) is 229 cm³/mol. The zero-order valence-electron chi connectivity index (χ0n) is 33.5. The van der Waals surface area contributed by atoms with Crippen molar-refractivity contribution in [3.05, 3.63) is 161 Å². The molecule has 0 bridgehead atoms. The Labute approximate surface area is 332 Å². The molecule has 2 aliphatic carbocycles. The van der Waals surface area contributed by atoms with Crippen LogP contribution in [0.2, 0.25) is 0 Å². The SMILES string of the molecule is C=C(C)C(=O)OCCCCC1(CCCCOC(=O)C(=C)C)c2ccccc2-c2ccc(N(c3ccc(C)cc3)c3ccc4c(c3)C(C)(C)c3ccccc3-4)cc21. The summed E-state index contributed by atoms with van der Waals surface area (Å²) in [6.45, 7) is 18.3. The zero-order chi connectivity index (χ0) is 39.6. The summed E-state index contributed by atoms with van der Waals surface area (Å²) in [5, 5.41) is 0. The van der Waals surface area contributed by atoms with E-state index in [1.165, 1.54) is 50.1 Å². The molecule has 0 fully saturated rings. The van der Waals surface area contributed by atoms with Crippen molar-refractivity contribution in [1.29, 1.82) is 0 Å². The van der Waals surface area contributed by atoms with Crippen LogP contribution < -0.4 is 4.90 Å². The Balaban J connectivity index is 1.30. The second-order valence-corrected chi connectivity index (χ2v) is 16.2. The average molecular weight is 744 g/mol. The Morgan fingerprint density at radius 1 is 0.554 bits per heavy atom. The molecule has 0 N–H and O–H groups in total. The fraction of sp³-hybridized carbons (Fsp3) is 0.294. The van der Waals surface area contributed by atoms with Gasteiger partial charge in [0.2, 0.25) is 0 Å². The van der Waals surface area contributed by atoms with E-state index in [1.54, 1.807) is 13.8 Å². The van der Waals surface area contributed by atoms with Crippen LogP contribution in [0, 0.1) is 6.92 Å². The van der Waals surface area contributed by atoms with E-state index in [0.29, 0.717) is 24.4 Å². The highest BCUT2D eigenvalue weighted by Gasteiger charge is 2.43. The number of unbranched alkanes of at least 4 members (excludes halogenated alkanes) is 2. The quantitative estimate of drug-likeness (QED) is 0.0607. The van der Waals surface area contributed by atoms with E-state index in [2.05, 4.69) is 148 Å². The van der Waals surface area contributed by atoms with Crippen LogP contribution in [-0.4, -0.2) is 25.2 Å². The Morgan fingerprint density at radius 2 is 1.00 bits per heavy atom. The molecule has 0 heterocycles. The lowest BCUT2D eigenvalue weighted by molar-refractivity contribution is -0.139. The molecule has 0 saturated carbocycles. The number of esters is 2. The average Bonchev–Trinajstić information content (AvgIpc) is 3.59. The van der Waals surface area contributed by atoms with Gasteiger partial charge in [-0.3, -0.25) is 0 Å². The lowest BCUT2D eigenvalue weighted by Gasteiger charge is -2.34. The zero-order valence-corrected chi connectivity index (χ0v) is 33.5. The van der Waals surface area contributed by atoms with Gasteiger partial charge in [0.25, 0.3) is 0 Å². The van der Waals surface area contributed by atoms with Crippen molar-refractivity contribution in [2.24, 2.45) is 0 Å². The summed E-state index contributed by atoms with van der Waals surface area (Å²) in [4.78, 5) is 26.8. The number of hydrogen-bond donors (Lipinski definition) is 0. The highest BCUT2D eigenvalue weighted by atomic mass is 16.5. The number of ether oxygens (including phenoxy) is 2. The van der Waals surface area contributed by atoms with Gasteiger partial charge in [0.1, 0.15) is 0 Å². The van der Waals surface area contributed by atoms with Crippen molar-refractivity contribution in [2.75, 3.05) is 18.1 Å². The molecule has 7 rings (SSSR count). The number of fused-ring (bicyclic) bond motifs is 6. The lowest BCUT2D eigenvalue weighted by Crippen LogP contribution is -2.26. The fourth-order valence-corrected chi connectivity index (χ4v) is 8.85. The Morgan fingerprint density at radius 3 is 1.55 bits per heavy atom. The number of nitrogens with zero attached hydrogens (tertiary/aromatic N) is 1. The van der Waals surface area contributed by atoms with Gasteiger partial charge in [-0.2, -0.15) is 0 Å². The summed E-state index contributed by atoms with van der Waals surface area (Å²) in [7, 11) is 0. The molecule has 0 unspecified atom stereocenters. The molecule has 0 atom stereocenters. The number of benzene rings is 5. The van der Waals surface area contributed by atoms with Crippen molar-refractivity contribution >= 4 is 29.0 Å². The molecule has 0 spiro atoms. The first-order valence-electron chi connectivity index (χ1n) is 19.9. The Hall–Kier alpha value is -5.68. The molecule has 0 saturated heterocycles. The first kappa shape index (κ1) is 38.6. The predicted octanol–water partition coefficient (Wildman–Crippen LogP) is 12.6. The number of anilines is 3. The third-order valence-electron chi connectivity index (χ3n) is 11.8. The van der Waals surface area contributed by atoms with E-state index in [9.17, 15) is 9.59 Å². The number of carbonyl (C=O) groups excluding carboxylic acids is 2. The summed E-state index contributed by atoms with van der Waals surface area (Å²) in [5.41, 5.74) is 15.4. The maximum Gasteiger partial charge on any atom is 0.333 e. The van der Waals surface area contributed by atoms with Gasteiger partial charge in [0.05, 0.1) is 13.2 Å². The molecule has 2 aliphatic rings. The minimum Gasteiger partial charge on any atom is -0.462 e. The van der Waals surface area contributed by atoms with E-state index in [1.807, 2.05) is 0 Å². The second-order valence-electron chi connectivity index (χ2n) is 16.2. The van der Waals surface area contributed by atoms with Crippen LogP contribution in [0.3, 0.4) is 0 Å². The van der Waals surface area contributed by atoms with Gasteiger partial charge >= 0.3 is 11.9 Å². The van der Waals surface area contributed by atoms with Crippen molar-refractivity contribution in [3.63, 3.8) is 0 Å². The maximum atomic E-state index is 12.2. The molecule has 5 nitrogen and oxygen atoms in total. The van der Waals surface area contributed by atoms with Crippen molar-refractivity contribution in [2.45, 2.75) is 84.0 Å². The summed E-state index contributed by atoms with van der Waals surface area (Å²) >= 11 is 0. The van der Waals surface area contributed by atoms with Gasteiger partial charge in [-0.05, 0) is 140 Å². The Bertz CT molecular complexity index is 2280. The van der Waals surface area contributed by atoms with Crippen LogP contribution in [0.4, 0.5) is 17.1 Å². The molecule has 0 aliphatic heterocycles. The van der Waals surface area contributed by atoms with Crippen molar-refractivity contribution < 1.29 is 19.1 Å². The minimum atomic E-state index is -0.347. The maximum absolute atomic E-state index is 12.2.